The van der Waals surface area contributed by atoms with Crippen molar-refractivity contribution in [2.24, 2.45) is 0 Å². The summed E-state index contributed by atoms with van der Waals surface area (Å²) in [5, 5.41) is 3.16. The Morgan fingerprint density at radius 3 is 2.71 bits per heavy atom. The van der Waals surface area contributed by atoms with Gasteiger partial charge in [-0.3, -0.25) is 0 Å². The van der Waals surface area contributed by atoms with Crippen molar-refractivity contribution in [3.63, 3.8) is 0 Å². The molecule has 1 N–H and O–H groups in total. The van der Waals surface area contributed by atoms with Crippen molar-refractivity contribution >= 4 is 11.8 Å². The average Bonchev–Trinajstić information content (AvgIpc) is 2.46. The number of nitrogens with one attached hydrogen (secondary N) is 1. The van der Waals surface area contributed by atoms with Crippen LogP contribution in [0.25, 0.3) is 0 Å². The van der Waals surface area contributed by atoms with Crippen molar-refractivity contribution in [2.45, 2.75) is 16.3 Å². The summed E-state index contributed by atoms with van der Waals surface area (Å²) in [6.07, 6.45) is 0. The Balaban J connectivity index is 1.98. The van der Waals surface area contributed by atoms with Gasteiger partial charge in [0.25, 0.3) is 0 Å². The number of rotatable bonds is 7. The molecule has 0 fully saturated rings. The second-order valence-corrected chi connectivity index (χ2v) is 5.61. The highest BCUT2D eigenvalue weighted by Crippen LogP contribution is 2.30. The van der Waals surface area contributed by atoms with Gasteiger partial charge in [-0.15, -0.1) is 0 Å². The van der Waals surface area contributed by atoms with Gasteiger partial charge in [-0.1, -0.05) is 23.9 Å². The minimum Gasteiger partial charge on any atom is -0.383 e. The van der Waals surface area contributed by atoms with Crippen LogP contribution in [0.2, 0.25) is 0 Å². The number of ether oxygens (including phenoxy) is 1. The van der Waals surface area contributed by atoms with Gasteiger partial charge in [0.05, 0.1) is 6.61 Å². The number of benzene rings is 2. The largest absolute Gasteiger partial charge is 0.383 e. The lowest BCUT2D eigenvalue weighted by Gasteiger charge is -2.07. The molecule has 0 atom stereocenters. The number of hydrogen-bond donors (Lipinski definition) is 1. The molecule has 21 heavy (non-hydrogen) atoms. The van der Waals surface area contributed by atoms with Crippen LogP contribution in [-0.2, 0) is 11.3 Å². The van der Waals surface area contributed by atoms with Crippen molar-refractivity contribution in [3.05, 3.63) is 59.7 Å². The van der Waals surface area contributed by atoms with Gasteiger partial charge >= 0.3 is 0 Å². The highest BCUT2D eigenvalue weighted by atomic mass is 32.2. The molecular weight excluding hydrogens is 292 g/mol. The highest BCUT2D eigenvalue weighted by Gasteiger charge is 2.06. The maximum absolute atomic E-state index is 14.0. The maximum atomic E-state index is 14.0. The molecule has 0 aliphatic carbocycles. The fraction of sp³-hybridized carbons (Fsp3) is 0.250. The normalized spacial score (nSPS) is 10.8. The Morgan fingerprint density at radius 1 is 1.14 bits per heavy atom. The molecule has 0 aliphatic heterocycles. The monoisotopic (exact) mass is 309 g/mol. The zero-order valence-electron chi connectivity index (χ0n) is 11.7. The van der Waals surface area contributed by atoms with Gasteiger partial charge in [0.2, 0.25) is 0 Å². The van der Waals surface area contributed by atoms with E-state index in [1.54, 1.807) is 25.3 Å². The van der Waals surface area contributed by atoms with E-state index in [0.29, 0.717) is 22.9 Å². The first-order chi connectivity index (χ1) is 10.2. The van der Waals surface area contributed by atoms with Gasteiger partial charge in [-0.25, -0.2) is 8.78 Å². The Kier molecular flexibility index (Phi) is 6.17. The van der Waals surface area contributed by atoms with Crippen LogP contribution in [-0.4, -0.2) is 20.3 Å². The second kappa shape index (κ2) is 8.12. The van der Waals surface area contributed by atoms with Gasteiger partial charge in [-0.05, 0) is 35.9 Å². The first kappa shape index (κ1) is 15.9. The standard InChI is InChI=1S/C16H17F2NOS/c1-20-8-7-19-11-12-5-6-16(15(18)9-12)21-14-4-2-3-13(17)10-14/h2-6,9-10,19H,7-8,11H2,1H3. The van der Waals surface area contributed by atoms with E-state index in [2.05, 4.69) is 5.32 Å². The maximum Gasteiger partial charge on any atom is 0.137 e. The molecule has 0 aromatic heterocycles. The van der Waals surface area contributed by atoms with Gasteiger partial charge in [-0.2, -0.15) is 0 Å². The molecule has 0 saturated heterocycles. The predicted molar refractivity (Wildman–Crippen MR) is 80.5 cm³/mol. The Morgan fingerprint density at radius 2 is 2.00 bits per heavy atom. The molecule has 0 radical (unpaired) electrons. The Labute approximate surface area is 127 Å². The molecule has 2 aromatic rings. The number of halogens is 2. The summed E-state index contributed by atoms with van der Waals surface area (Å²) in [7, 11) is 1.64. The van der Waals surface area contributed by atoms with E-state index in [0.717, 1.165) is 12.1 Å². The van der Waals surface area contributed by atoms with Crippen molar-refractivity contribution in [2.75, 3.05) is 20.3 Å². The lowest BCUT2D eigenvalue weighted by Crippen LogP contribution is -2.18. The van der Waals surface area contributed by atoms with E-state index in [1.165, 1.54) is 30.0 Å². The smallest absolute Gasteiger partial charge is 0.137 e. The van der Waals surface area contributed by atoms with Crippen LogP contribution in [0.3, 0.4) is 0 Å². The first-order valence-electron chi connectivity index (χ1n) is 6.60. The van der Waals surface area contributed by atoms with Crippen LogP contribution in [0.15, 0.2) is 52.3 Å². The van der Waals surface area contributed by atoms with Crippen LogP contribution in [0, 0.1) is 11.6 Å². The highest BCUT2D eigenvalue weighted by molar-refractivity contribution is 7.99. The van der Waals surface area contributed by atoms with Crippen LogP contribution in [0.1, 0.15) is 5.56 Å². The van der Waals surface area contributed by atoms with Gasteiger partial charge in [0, 0.05) is 30.0 Å². The molecule has 2 nitrogen and oxygen atoms in total. The minimum absolute atomic E-state index is 0.296. The topological polar surface area (TPSA) is 21.3 Å². The van der Waals surface area contributed by atoms with Gasteiger partial charge in [0.15, 0.2) is 0 Å². The quantitative estimate of drug-likeness (QED) is 0.785. The minimum atomic E-state index is -0.320. The predicted octanol–water partition coefficient (Wildman–Crippen LogP) is 3.85. The van der Waals surface area contributed by atoms with Crippen LogP contribution < -0.4 is 5.32 Å². The lowest BCUT2D eigenvalue weighted by molar-refractivity contribution is 0.199. The number of methoxy groups -OCH3 is 1. The number of hydrogen-bond acceptors (Lipinski definition) is 3. The molecule has 2 rings (SSSR count). The summed E-state index contributed by atoms with van der Waals surface area (Å²) < 4.78 is 32.1. The fourth-order valence-electron chi connectivity index (χ4n) is 1.80. The molecule has 0 heterocycles. The van der Waals surface area contributed by atoms with E-state index in [4.69, 9.17) is 4.74 Å². The van der Waals surface area contributed by atoms with E-state index in [9.17, 15) is 8.78 Å². The Bertz CT molecular complexity index is 592. The summed E-state index contributed by atoms with van der Waals surface area (Å²) >= 11 is 1.21. The van der Waals surface area contributed by atoms with Crippen molar-refractivity contribution in [1.29, 1.82) is 0 Å². The molecule has 2 aromatic carbocycles. The second-order valence-electron chi connectivity index (χ2n) is 4.49. The van der Waals surface area contributed by atoms with E-state index >= 15 is 0 Å². The molecule has 0 bridgehead atoms. The van der Waals surface area contributed by atoms with E-state index in [1.807, 2.05) is 6.07 Å². The van der Waals surface area contributed by atoms with E-state index in [-0.39, 0.29) is 11.6 Å². The zero-order chi connectivity index (χ0) is 15.1. The molecule has 5 heteroatoms. The molecule has 0 aliphatic rings. The van der Waals surface area contributed by atoms with Gasteiger partial charge < -0.3 is 10.1 Å². The average molecular weight is 309 g/mol. The molecule has 0 spiro atoms. The molecule has 112 valence electrons. The van der Waals surface area contributed by atoms with Crippen LogP contribution in [0.5, 0.6) is 0 Å². The van der Waals surface area contributed by atoms with Crippen LogP contribution in [0.4, 0.5) is 8.78 Å². The SMILES string of the molecule is COCCNCc1ccc(Sc2cccc(F)c2)c(F)c1. The zero-order valence-corrected chi connectivity index (χ0v) is 12.6. The molecule has 0 unspecified atom stereocenters. The Hall–Kier alpha value is -1.43. The van der Waals surface area contributed by atoms with Crippen molar-refractivity contribution < 1.29 is 13.5 Å². The lowest BCUT2D eigenvalue weighted by atomic mass is 10.2. The molecule has 0 amide bonds. The third-order valence-corrected chi connectivity index (χ3v) is 3.87. The van der Waals surface area contributed by atoms with Crippen LogP contribution >= 0.6 is 11.8 Å². The summed E-state index contributed by atoms with van der Waals surface area (Å²) in [6, 6.07) is 11.2. The molecular formula is C16H17F2NOS. The fourth-order valence-corrected chi connectivity index (χ4v) is 2.67. The third-order valence-electron chi connectivity index (χ3n) is 2.83. The summed E-state index contributed by atoms with van der Waals surface area (Å²) in [6.45, 7) is 1.93. The van der Waals surface area contributed by atoms with Crippen molar-refractivity contribution in [1.82, 2.24) is 5.32 Å². The first-order valence-corrected chi connectivity index (χ1v) is 7.42. The van der Waals surface area contributed by atoms with E-state index < -0.39 is 0 Å². The molecule has 0 saturated carbocycles. The summed E-state index contributed by atoms with van der Waals surface area (Å²) in [4.78, 5) is 1.17. The van der Waals surface area contributed by atoms with Gasteiger partial charge in [0.1, 0.15) is 11.6 Å². The third kappa shape index (κ3) is 5.12. The van der Waals surface area contributed by atoms with Crippen molar-refractivity contribution in [3.8, 4) is 0 Å². The summed E-state index contributed by atoms with van der Waals surface area (Å²) in [5.74, 6) is -0.616. The summed E-state index contributed by atoms with van der Waals surface area (Å²) in [5.41, 5.74) is 0.868.